The number of fused-ring (bicyclic) bond motifs is 1. The zero-order valence-corrected chi connectivity index (χ0v) is 18.5. The van der Waals surface area contributed by atoms with Crippen molar-refractivity contribution in [3.8, 4) is 5.75 Å². The van der Waals surface area contributed by atoms with Crippen LogP contribution in [0.15, 0.2) is 67.0 Å². The monoisotopic (exact) mass is 455 g/mol. The largest absolute Gasteiger partial charge is 0.478 e. The third kappa shape index (κ3) is 4.84. The molecule has 0 fully saturated rings. The minimum absolute atomic E-state index is 0.252. The molecule has 0 saturated carbocycles. The van der Waals surface area contributed by atoms with E-state index >= 15 is 0 Å². The predicted molar refractivity (Wildman–Crippen MR) is 121 cm³/mol. The summed E-state index contributed by atoms with van der Waals surface area (Å²) in [7, 11) is 0. The van der Waals surface area contributed by atoms with E-state index in [-0.39, 0.29) is 18.3 Å². The second kappa shape index (κ2) is 8.61. The highest BCUT2D eigenvalue weighted by atomic mass is 35.5. The number of nitrogens with zero attached hydrogens (tertiary/aromatic N) is 3. The normalized spacial score (nSPS) is 11.5. The van der Waals surface area contributed by atoms with Crippen LogP contribution < -0.4 is 9.64 Å². The molecule has 0 aliphatic heterocycles. The van der Waals surface area contributed by atoms with E-state index < -0.39 is 5.60 Å². The Bertz CT molecular complexity index is 1210. The standard InChI is InChI=1S/C23H19ClFN3O2S/c1-23(2,30-18-8-5-16(24)6-9-18)21(29)28(14-15-4-3-11-26-13-15)22-27-19-10-7-17(25)12-20(19)31-22/h3-13H,14H2,1-2H3. The fraction of sp³-hybridized carbons (Fsp3) is 0.174. The Hall–Kier alpha value is -3.03. The molecule has 1 amide bonds. The van der Waals surface area contributed by atoms with Crippen LogP contribution in [0.2, 0.25) is 5.02 Å². The molecule has 0 bridgehead atoms. The molecule has 8 heteroatoms. The minimum Gasteiger partial charge on any atom is -0.478 e. The van der Waals surface area contributed by atoms with Gasteiger partial charge in [0.15, 0.2) is 10.7 Å². The van der Waals surface area contributed by atoms with Crippen LogP contribution in [0.1, 0.15) is 19.4 Å². The van der Waals surface area contributed by atoms with Crippen LogP contribution in [0.4, 0.5) is 9.52 Å². The van der Waals surface area contributed by atoms with Crippen molar-refractivity contribution in [2.75, 3.05) is 4.90 Å². The van der Waals surface area contributed by atoms with Crippen molar-refractivity contribution in [1.82, 2.24) is 9.97 Å². The molecule has 0 spiro atoms. The van der Waals surface area contributed by atoms with Gasteiger partial charge in [-0.3, -0.25) is 14.7 Å². The molecular weight excluding hydrogens is 437 g/mol. The van der Waals surface area contributed by atoms with Gasteiger partial charge in [0.1, 0.15) is 11.6 Å². The molecule has 0 unspecified atom stereocenters. The van der Waals surface area contributed by atoms with Crippen molar-refractivity contribution in [3.63, 3.8) is 0 Å². The first-order chi connectivity index (χ1) is 14.8. The highest BCUT2D eigenvalue weighted by molar-refractivity contribution is 7.22. The lowest BCUT2D eigenvalue weighted by Crippen LogP contribution is -2.48. The molecule has 5 nitrogen and oxygen atoms in total. The summed E-state index contributed by atoms with van der Waals surface area (Å²) in [5.74, 6) is -0.111. The summed E-state index contributed by atoms with van der Waals surface area (Å²) >= 11 is 7.20. The summed E-state index contributed by atoms with van der Waals surface area (Å²) in [6.07, 6.45) is 3.37. The van der Waals surface area contributed by atoms with Crippen molar-refractivity contribution in [2.24, 2.45) is 0 Å². The number of amides is 1. The quantitative estimate of drug-likeness (QED) is 0.364. The number of rotatable bonds is 6. The molecular formula is C23H19ClFN3O2S. The first kappa shape index (κ1) is 21.2. The third-order valence-corrected chi connectivity index (χ3v) is 5.87. The van der Waals surface area contributed by atoms with Crippen molar-refractivity contribution >= 4 is 44.2 Å². The number of hydrogen-bond acceptors (Lipinski definition) is 5. The number of aromatic nitrogens is 2. The fourth-order valence-corrected chi connectivity index (χ4v) is 4.18. The van der Waals surface area contributed by atoms with E-state index in [0.29, 0.717) is 26.1 Å². The number of anilines is 1. The molecule has 4 aromatic rings. The van der Waals surface area contributed by atoms with Gasteiger partial charge < -0.3 is 4.74 Å². The molecule has 0 radical (unpaired) electrons. The summed E-state index contributed by atoms with van der Waals surface area (Å²) in [4.78, 5) is 23.9. The number of pyridine rings is 1. The average molecular weight is 456 g/mol. The second-order valence-electron chi connectivity index (χ2n) is 7.43. The molecule has 4 rings (SSSR count). The van der Waals surface area contributed by atoms with Gasteiger partial charge in [-0.1, -0.05) is 29.0 Å². The van der Waals surface area contributed by atoms with E-state index in [1.54, 1.807) is 67.5 Å². The smallest absolute Gasteiger partial charge is 0.272 e. The number of ether oxygens (including phenoxy) is 1. The van der Waals surface area contributed by atoms with Gasteiger partial charge in [0, 0.05) is 17.4 Å². The van der Waals surface area contributed by atoms with E-state index in [2.05, 4.69) is 9.97 Å². The number of hydrogen-bond donors (Lipinski definition) is 0. The maximum absolute atomic E-state index is 13.7. The van der Waals surface area contributed by atoms with Gasteiger partial charge in [0.05, 0.1) is 16.8 Å². The van der Waals surface area contributed by atoms with E-state index in [9.17, 15) is 9.18 Å². The van der Waals surface area contributed by atoms with Gasteiger partial charge in [0.25, 0.3) is 5.91 Å². The Morgan fingerprint density at radius 1 is 1.19 bits per heavy atom. The molecule has 31 heavy (non-hydrogen) atoms. The van der Waals surface area contributed by atoms with Gasteiger partial charge in [-0.2, -0.15) is 0 Å². The first-order valence-corrected chi connectivity index (χ1v) is 10.7. The lowest BCUT2D eigenvalue weighted by Gasteiger charge is -2.31. The molecule has 2 aromatic carbocycles. The summed E-state index contributed by atoms with van der Waals surface area (Å²) in [6.45, 7) is 3.66. The average Bonchev–Trinajstić information content (AvgIpc) is 3.16. The predicted octanol–water partition coefficient (Wildman–Crippen LogP) is 5.87. The van der Waals surface area contributed by atoms with Crippen LogP contribution in [-0.4, -0.2) is 21.5 Å². The van der Waals surface area contributed by atoms with Crippen LogP contribution in [0, 0.1) is 5.82 Å². The Balaban J connectivity index is 1.69. The highest BCUT2D eigenvalue weighted by Crippen LogP contribution is 2.32. The van der Waals surface area contributed by atoms with Crippen LogP contribution >= 0.6 is 22.9 Å². The molecule has 0 aliphatic rings. The number of carbonyl (C=O) groups is 1. The molecule has 158 valence electrons. The summed E-state index contributed by atoms with van der Waals surface area (Å²) < 4.78 is 20.3. The Labute approximate surface area is 188 Å². The third-order valence-electron chi connectivity index (χ3n) is 4.58. The lowest BCUT2D eigenvalue weighted by molar-refractivity contribution is -0.131. The SMILES string of the molecule is CC(C)(Oc1ccc(Cl)cc1)C(=O)N(Cc1cccnc1)c1nc2ccc(F)cc2s1. The van der Waals surface area contributed by atoms with E-state index in [1.807, 2.05) is 6.07 Å². The zero-order chi connectivity index (χ0) is 22.0. The van der Waals surface area contributed by atoms with Gasteiger partial charge in [0.2, 0.25) is 0 Å². The topological polar surface area (TPSA) is 55.3 Å². The first-order valence-electron chi connectivity index (χ1n) is 9.53. The molecule has 0 atom stereocenters. The maximum Gasteiger partial charge on any atom is 0.272 e. The maximum atomic E-state index is 13.7. The molecule has 0 aliphatic carbocycles. The molecule has 2 aromatic heterocycles. The Kier molecular flexibility index (Phi) is 5.89. The summed E-state index contributed by atoms with van der Waals surface area (Å²) in [5, 5.41) is 1.04. The van der Waals surface area contributed by atoms with Crippen molar-refractivity contribution in [2.45, 2.75) is 26.0 Å². The van der Waals surface area contributed by atoms with Gasteiger partial charge in [-0.15, -0.1) is 0 Å². The number of halogens is 2. The highest BCUT2D eigenvalue weighted by Gasteiger charge is 2.36. The van der Waals surface area contributed by atoms with Crippen molar-refractivity contribution < 1.29 is 13.9 Å². The minimum atomic E-state index is -1.20. The fourth-order valence-electron chi connectivity index (χ4n) is 3.07. The van der Waals surface area contributed by atoms with E-state index in [0.717, 1.165) is 5.56 Å². The van der Waals surface area contributed by atoms with Crippen molar-refractivity contribution in [3.05, 3.63) is 83.4 Å². The second-order valence-corrected chi connectivity index (χ2v) is 8.87. The van der Waals surface area contributed by atoms with E-state index in [4.69, 9.17) is 16.3 Å². The Morgan fingerprint density at radius 3 is 2.68 bits per heavy atom. The number of carbonyl (C=O) groups excluding carboxylic acids is 1. The Morgan fingerprint density at radius 2 is 1.97 bits per heavy atom. The van der Waals surface area contributed by atoms with Crippen LogP contribution in [0.25, 0.3) is 10.2 Å². The van der Waals surface area contributed by atoms with Gasteiger partial charge in [-0.05, 0) is 67.9 Å². The summed E-state index contributed by atoms with van der Waals surface area (Å²) in [6, 6.07) is 14.9. The van der Waals surface area contributed by atoms with Crippen LogP contribution in [0.3, 0.4) is 0 Å². The number of thiazole rings is 1. The lowest BCUT2D eigenvalue weighted by atomic mass is 10.1. The zero-order valence-electron chi connectivity index (χ0n) is 16.9. The molecule has 0 N–H and O–H groups in total. The van der Waals surface area contributed by atoms with Crippen molar-refractivity contribution in [1.29, 1.82) is 0 Å². The van der Waals surface area contributed by atoms with E-state index in [1.165, 1.54) is 23.5 Å². The molecule has 2 heterocycles. The van der Waals surface area contributed by atoms with Gasteiger partial charge in [-0.25, -0.2) is 9.37 Å². The molecule has 0 saturated heterocycles. The summed E-state index contributed by atoms with van der Waals surface area (Å²) in [5.41, 5.74) is 0.268. The van der Waals surface area contributed by atoms with Crippen LogP contribution in [-0.2, 0) is 11.3 Å². The van der Waals surface area contributed by atoms with Gasteiger partial charge >= 0.3 is 0 Å². The van der Waals surface area contributed by atoms with Crippen LogP contribution in [0.5, 0.6) is 5.75 Å². The number of benzene rings is 2.